The average Bonchev–Trinajstić information content (AvgIpc) is 2.95. The van der Waals surface area contributed by atoms with E-state index in [0.717, 1.165) is 5.52 Å². The lowest BCUT2D eigenvalue weighted by Gasteiger charge is -2.20. The van der Waals surface area contributed by atoms with Crippen LogP contribution in [0.25, 0.3) is 11.1 Å². The number of aromatic amines is 1. The molecule has 0 radical (unpaired) electrons. The second-order valence-corrected chi connectivity index (χ2v) is 4.83. The predicted molar refractivity (Wildman–Crippen MR) is 73.3 cm³/mol. The number of carbonyl (C=O) groups is 2. The summed E-state index contributed by atoms with van der Waals surface area (Å²) in [4.78, 5) is 26.9. The molecule has 0 bridgehead atoms. The number of aromatic nitrogens is 1. The molecule has 2 aromatic rings. The lowest BCUT2D eigenvalue weighted by atomic mass is 10.0. The summed E-state index contributed by atoms with van der Waals surface area (Å²) in [5.41, 5.74) is 1.70. The Hall–Kier alpha value is -2.24. The van der Waals surface area contributed by atoms with E-state index in [9.17, 15) is 9.59 Å². The highest BCUT2D eigenvalue weighted by atomic mass is 16.5. The highest BCUT2D eigenvalue weighted by molar-refractivity contribution is 5.98. The van der Waals surface area contributed by atoms with Crippen LogP contribution >= 0.6 is 0 Å². The maximum atomic E-state index is 12.1. The molecule has 0 aromatic carbocycles. The van der Waals surface area contributed by atoms with E-state index in [1.54, 1.807) is 25.3 Å². The number of rotatable bonds is 5. The normalized spacial score (nSPS) is 12.6. The molecule has 6 heteroatoms. The SMILES string of the molecule is CCOC(=O)[C@H](NC(=O)c1cc2occc2[nH]1)C(C)C. The number of fused-ring (bicyclic) bond motifs is 1. The Morgan fingerprint density at radius 2 is 2.20 bits per heavy atom. The highest BCUT2D eigenvalue weighted by Crippen LogP contribution is 2.16. The summed E-state index contributed by atoms with van der Waals surface area (Å²) in [6, 6.07) is 2.67. The number of esters is 1. The lowest BCUT2D eigenvalue weighted by molar-refractivity contribution is -0.146. The fourth-order valence-corrected chi connectivity index (χ4v) is 1.92. The second kappa shape index (κ2) is 5.81. The van der Waals surface area contributed by atoms with Crippen LogP contribution in [0.1, 0.15) is 31.3 Å². The van der Waals surface area contributed by atoms with Crippen LogP contribution in [0.4, 0.5) is 0 Å². The molecule has 0 spiro atoms. The third kappa shape index (κ3) is 2.84. The molecule has 2 rings (SSSR count). The Bertz CT molecular complexity index is 583. The van der Waals surface area contributed by atoms with Crippen molar-refractivity contribution in [3.8, 4) is 0 Å². The zero-order chi connectivity index (χ0) is 14.7. The molecule has 6 nitrogen and oxygen atoms in total. The number of H-pyrrole nitrogens is 1. The summed E-state index contributed by atoms with van der Waals surface area (Å²) in [7, 11) is 0. The minimum Gasteiger partial charge on any atom is -0.464 e. The fourth-order valence-electron chi connectivity index (χ4n) is 1.92. The standard InChI is InChI=1S/C14H18N2O4/c1-4-19-14(18)12(8(2)3)16-13(17)10-7-11-9(15-10)5-6-20-11/h5-8,12,15H,4H2,1-3H3,(H,16,17)/t12-/m1/s1. The lowest BCUT2D eigenvalue weighted by Crippen LogP contribution is -2.45. The van der Waals surface area contributed by atoms with Crippen molar-refractivity contribution >= 4 is 23.0 Å². The van der Waals surface area contributed by atoms with Gasteiger partial charge in [0.25, 0.3) is 5.91 Å². The van der Waals surface area contributed by atoms with Crippen molar-refractivity contribution in [2.45, 2.75) is 26.8 Å². The number of ether oxygens (including phenoxy) is 1. The molecular formula is C14H18N2O4. The Kier molecular flexibility index (Phi) is 4.12. The van der Waals surface area contributed by atoms with Gasteiger partial charge in [0, 0.05) is 12.1 Å². The first-order chi connectivity index (χ1) is 9.52. The van der Waals surface area contributed by atoms with Crippen LogP contribution in [0.3, 0.4) is 0 Å². The van der Waals surface area contributed by atoms with Gasteiger partial charge in [-0.2, -0.15) is 0 Å². The van der Waals surface area contributed by atoms with Crippen LogP contribution in [-0.4, -0.2) is 29.5 Å². The number of nitrogens with one attached hydrogen (secondary N) is 2. The topological polar surface area (TPSA) is 84.3 Å². The van der Waals surface area contributed by atoms with Gasteiger partial charge in [-0.05, 0) is 12.8 Å². The van der Waals surface area contributed by atoms with Crippen molar-refractivity contribution in [2.75, 3.05) is 6.61 Å². The van der Waals surface area contributed by atoms with Gasteiger partial charge in [0.1, 0.15) is 11.7 Å². The second-order valence-electron chi connectivity index (χ2n) is 4.83. The number of amides is 1. The van der Waals surface area contributed by atoms with E-state index in [1.807, 2.05) is 13.8 Å². The molecule has 0 saturated heterocycles. The smallest absolute Gasteiger partial charge is 0.328 e. The summed E-state index contributed by atoms with van der Waals surface area (Å²) < 4.78 is 10.1. The van der Waals surface area contributed by atoms with Crippen molar-refractivity contribution in [2.24, 2.45) is 5.92 Å². The van der Waals surface area contributed by atoms with E-state index >= 15 is 0 Å². The molecule has 0 fully saturated rings. The van der Waals surface area contributed by atoms with Crippen molar-refractivity contribution < 1.29 is 18.7 Å². The van der Waals surface area contributed by atoms with Crippen molar-refractivity contribution in [3.05, 3.63) is 24.1 Å². The summed E-state index contributed by atoms with van der Waals surface area (Å²) in [5.74, 6) is -0.842. The third-order valence-corrected chi connectivity index (χ3v) is 2.98. The van der Waals surface area contributed by atoms with Gasteiger partial charge in [0.05, 0.1) is 18.4 Å². The first-order valence-electron chi connectivity index (χ1n) is 6.56. The van der Waals surface area contributed by atoms with E-state index in [0.29, 0.717) is 11.3 Å². The van der Waals surface area contributed by atoms with Gasteiger partial charge in [0.2, 0.25) is 0 Å². The first kappa shape index (κ1) is 14.2. The van der Waals surface area contributed by atoms with Gasteiger partial charge in [-0.15, -0.1) is 0 Å². The Balaban J connectivity index is 2.11. The van der Waals surface area contributed by atoms with Crippen molar-refractivity contribution in [1.82, 2.24) is 10.3 Å². The number of furan rings is 1. The van der Waals surface area contributed by atoms with Gasteiger partial charge in [0.15, 0.2) is 5.58 Å². The molecule has 0 aliphatic heterocycles. The van der Waals surface area contributed by atoms with Gasteiger partial charge >= 0.3 is 5.97 Å². The zero-order valence-electron chi connectivity index (χ0n) is 11.7. The van der Waals surface area contributed by atoms with E-state index in [1.165, 1.54) is 0 Å². The van der Waals surface area contributed by atoms with Crippen LogP contribution in [0.2, 0.25) is 0 Å². The molecule has 0 aliphatic rings. The van der Waals surface area contributed by atoms with E-state index < -0.39 is 12.0 Å². The van der Waals surface area contributed by atoms with Gasteiger partial charge < -0.3 is 19.5 Å². The van der Waals surface area contributed by atoms with E-state index in [-0.39, 0.29) is 18.4 Å². The molecule has 0 aliphatic carbocycles. The van der Waals surface area contributed by atoms with Crippen molar-refractivity contribution in [3.63, 3.8) is 0 Å². The molecule has 1 amide bonds. The molecule has 2 heterocycles. The van der Waals surface area contributed by atoms with Gasteiger partial charge in [-0.3, -0.25) is 4.79 Å². The number of hydrogen-bond acceptors (Lipinski definition) is 4. The average molecular weight is 278 g/mol. The quantitative estimate of drug-likeness (QED) is 0.820. The van der Waals surface area contributed by atoms with Crippen LogP contribution < -0.4 is 5.32 Å². The Morgan fingerprint density at radius 3 is 2.80 bits per heavy atom. The molecule has 1 atom stereocenters. The first-order valence-corrected chi connectivity index (χ1v) is 6.56. The Labute approximate surface area is 116 Å². The minimum absolute atomic E-state index is 0.0593. The molecule has 0 unspecified atom stereocenters. The molecule has 108 valence electrons. The van der Waals surface area contributed by atoms with Gasteiger partial charge in [-0.1, -0.05) is 13.8 Å². The van der Waals surface area contributed by atoms with Crippen LogP contribution in [0.15, 0.2) is 22.8 Å². The highest BCUT2D eigenvalue weighted by Gasteiger charge is 2.26. The molecular weight excluding hydrogens is 260 g/mol. The maximum Gasteiger partial charge on any atom is 0.328 e. The molecule has 2 N–H and O–H groups in total. The summed E-state index contributed by atoms with van der Waals surface area (Å²) in [6.45, 7) is 5.72. The molecule has 20 heavy (non-hydrogen) atoms. The fraction of sp³-hybridized carbons (Fsp3) is 0.429. The zero-order valence-corrected chi connectivity index (χ0v) is 11.7. The Morgan fingerprint density at radius 1 is 1.45 bits per heavy atom. The number of hydrogen-bond donors (Lipinski definition) is 2. The predicted octanol–water partition coefficient (Wildman–Crippen LogP) is 2.08. The summed E-state index contributed by atoms with van der Waals surface area (Å²) in [6.07, 6.45) is 1.54. The van der Waals surface area contributed by atoms with E-state index in [4.69, 9.17) is 9.15 Å². The summed E-state index contributed by atoms with van der Waals surface area (Å²) in [5, 5.41) is 2.68. The monoisotopic (exact) mass is 278 g/mol. The van der Waals surface area contributed by atoms with Crippen molar-refractivity contribution in [1.29, 1.82) is 0 Å². The summed E-state index contributed by atoms with van der Waals surface area (Å²) >= 11 is 0. The van der Waals surface area contributed by atoms with E-state index in [2.05, 4.69) is 10.3 Å². The van der Waals surface area contributed by atoms with Gasteiger partial charge in [-0.25, -0.2) is 4.79 Å². The van der Waals surface area contributed by atoms with Crippen LogP contribution in [0.5, 0.6) is 0 Å². The molecule has 2 aromatic heterocycles. The number of carbonyl (C=O) groups excluding carboxylic acids is 2. The third-order valence-electron chi connectivity index (χ3n) is 2.98. The molecule has 0 saturated carbocycles. The van der Waals surface area contributed by atoms with Crippen LogP contribution in [0, 0.1) is 5.92 Å². The van der Waals surface area contributed by atoms with Crippen LogP contribution in [-0.2, 0) is 9.53 Å². The maximum absolute atomic E-state index is 12.1. The largest absolute Gasteiger partial charge is 0.464 e. The minimum atomic E-state index is -0.669.